The van der Waals surface area contributed by atoms with Gasteiger partial charge in [0.25, 0.3) is 0 Å². The highest BCUT2D eigenvalue weighted by Crippen LogP contribution is 2.45. The van der Waals surface area contributed by atoms with Gasteiger partial charge in [0.2, 0.25) is 5.75 Å². The third kappa shape index (κ3) is 5.57. The second-order valence-corrected chi connectivity index (χ2v) is 7.09. The standard InChI is InChI=1S/C20H32N2O3.2ClH/c1-23-17-13-16(14-18(24-2)20(17)25-3)19(15-7-5-4-6-8-15)22-11-9-21-10-12-22;;/h13-15,19,21H,4-12H2,1-3H3;2*1H/t19-;;/m0../s1. The normalized spacial score (nSPS) is 19.4. The number of ether oxygens (including phenoxy) is 3. The Balaban J connectivity index is 0.00000182. The van der Waals surface area contributed by atoms with E-state index in [4.69, 9.17) is 14.2 Å². The fraction of sp³-hybridized carbons (Fsp3) is 0.700. The summed E-state index contributed by atoms with van der Waals surface area (Å²) in [5.41, 5.74) is 1.29. The van der Waals surface area contributed by atoms with Crippen molar-refractivity contribution in [3.05, 3.63) is 17.7 Å². The maximum atomic E-state index is 5.61. The molecule has 1 saturated heterocycles. The molecule has 0 bridgehead atoms. The largest absolute Gasteiger partial charge is 0.493 e. The van der Waals surface area contributed by atoms with Crippen LogP contribution >= 0.6 is 24.8 Å². The molecule has 0 amide bonds. The van der Waals surface area contributed by atoms with E-state index in [1.807, 2.05) is 0 Å². The first-order valence-electron chi connectivity index (χ1n) is 9.53. The SMILES string of the molecule is COc1cc([C@H](C2CCCCC2)N2CCNCC2)cc(OC)c1OC.Cl.Cl. The summed E-state index contributed by atoms with van der Waals surface area (Å²) < 4.78 is 16.7. The van der Waals surface area contributed by atoms with E-state index in [1.165, 1.54) is 37.7 Å². The second-order valence-electron chi connectivity index (χ2n) is 7.09. The highest BCUT2D eigenvalue weighted by Gasteiger charge is 2.32. The van der Waals surface area contributed by atoms with Crippen molar-refractivity contribution < 1.29 is 14.2 Å². The monoisotopic (exact) mass is 420 g/mol. The average Bonchev–Trinajstić information content (AvgIpc) is 2.69. The van der Waals surface area contributed by atoms with E-state index in [-0.39, 0.29) is 24.8 Å². The minimum Gasteiger partial charge on any atom is -0.493 e. The van der Waals surface area contributed by atoms with Gasteiger partial charge in [-0.3, -0.25) is 4.90 Å². The molecule has 0 spiro atoms. The number of benzene rings is 1. The van der Waals surface area contributed by atoms with Crippen molar-refractivity contribution >= 4 is 24.8 Å². The van der Waals surface area contributed by atoms with Gasteiger partial charge in [0.1, 0.15) is 0 Å². The summed E-state index contributed by atoms with van der Waals surface area (Å²) in [6.07, 6.45) is 6.69. The third-order valence-corrected chi connectivity index (χ3v) is 5.67. The first-order chi connectivity index (χ1) is 12.3. The summed E-state index contributed by atoms with van der Waals surface area (Å²) in [4.78, 5) is 2.65. The van der Waals surface area contributed by atoms with Crippen LogP contribution in [0.2, 0.25) is 0 Å². The van der Waals surface area contributed by atoms with E-state index in [1.54, 1.807) is 21.3 Å². The van der Waals surface area contributed by atoms with Crippen molar-refractivity contribution in [1.29, 1.82) is 0 Å². The summed E-state index contributed by atoms with van der Waals surface area (Å²) in [6.45, 7) is 4.32. The number of halogens is 2. The van der Waals surface area contributed by atoms with E-state index in [9.17, 15) is 0 Å². The van der Waals surface area contributed by atoms with Crippen molar-refractivity contribution in [2.24, 2.45) is 5.92 Å². The van der Waals surface area contributed by atoms with Gasteiger partial charge in [-0.05, 0) is 36.5 Å². The van der Waals surface area contributed by atoms with Gasteiger partial charge >= 0.3 is 0 Å². The average molecular weight is 421 g/mol. The molecule has 1 saturated carbocycles. The lowest BCUT2D eigenvalue weighted by Crippen LogP contribution is -2.47. The van der Waals surface area contributed by atoms with Crippen LogP contribution in [0.15, 0.2) is 12.1 Å². The van der Waals surface area contributed by atoms with E-state index < -0.39 is 0 Å². The zero-order valence-corrected chi connectivity index (χ0v) is 18.3. The highest BCUT2D eigenvalue weighted by molar-refractivity contribution is 5.85. The Morgan fingerprint density at radius 2 is 1.44 bits per heavy atom. The molecule has 2 aliphatic rings. The molecule has 1 aromatic carbocycles. The molecule has 27 heavy (non-hydrogen) atoms. The molecule has 1 aromatic rings. The summed E-state index contributed by atoms with van der Waals surface area (Å²) >= 11 is 0. The molecule has 3 rings (SSSR count). The number of rotatable bonds is 6. The zero-order valence-electron chi connectivity index (χ0n) is 16.7. The Morgan fingerprint density at radius 1 is 0.889 bits per heavy atom. The smallest absolute Gasteiger partial charge is 0.203 e. The zero-order chi connectivity index (χ0) is 17.6. The van der Waals surface area contributed by atoms with Gasteiger partial charge in [0.05, 0.1) is 21.3 Å². The first-order valence-corrected chi connectivity index (χ1v) is 9.53. The van der Waals surface area contributed by atoms with Gasteiger partial charge in [0.15, 0.2) is 11.5 Å². The van der Waals surface area contributed by atoms with Crippen molar-refractivity contribution in [3.63, 3.8) is 0 Å². The molecule has 1 atom stereocenters. The molecule has 7 heteroatoms. The molecular weight excluding hydrogens is 387 g/mol. The first kappa shape index (κ1) is 24.2. The molecule has 1 N–H and O–H groups in total. The lowest BCUT2D eigenvalue weighted by atomic mass is 9.80. The number of hydrogen-bond acceptors (Lipinski definition) is 5. The van der Waals surface area contributed by atoms with Crippen molar-refractivity contribution in [3.8, 4) is 17.2 Å². The Morgan fingerprint density at radius 3 is 1.93 bits per heavy atom. The van der Waals surface area contributed by atoms with E-state index in [0.717, 1.165) is 37.7 Å². The fourth-order valence-corrected chi connectivity index (χ4v) is 4.46. The molecule has 0 aromatic heterocycles. The van der Waals surface area contributed by atoms with E-state index >= 15 is 0 Å². The quantitative estimate of drug-likeness (QED) is 0.750. The van der Waals surface area contributed by atoms with Crippen LogP contribution in [0.25, 0.3) is 0 Å². The van der Waals surface area contributed by atoms with Crippen molar-refractivity contribution in [1.82, 2.24) is 10.2 Å². The Kier molecular flexibility index (Phi) is 10.6. The Hall–Kier alpha value is -0.880. The molecule has 1 heterocycles. The summed E-state index contributed by atoms with van der Waals surface area (Å²) in [5.74, 6) is 2.90. The van der Waals surface area contributed by atoms with Crippen LogP contribution in [0.4, 0.5) is 0 Å². The summed E-state index contributed by atoms with van der Waals surface area (Å²) in [7, 11) is 5.05. The predicted octanol–water partition coefficient (Wildman–Crippen LogP) is 4.08. The van der Waals surface area contributed by atoms with Gasteiger partial charge in [-0.2, -0.15) is 0 Å². The predicted molar refractivity (Wildman–Crippen MR) is 114 cm³/mol. The fourth-order valence-electron chi connectivity index (χ4n) is 4.46. The van der Waals surface area contributed by atoms with Crippen LogP contribution < -0.4 is 19.5 Å². The molecule has 0 unspecified atom stereocenters. The molecule has 2 fully saturated rings. The lowest BCUT2D eigenvalue weighted by molar-refractivity contribution is 0.103. The van der Waals surface area contributed by atoms with Gasteiger partial charge in [-0.25, -0.2) is 0 Å². The van der Waals surface area contributed by atoms with Gasteiger partial charge in [-0.1, -0.05) is 19.3 Å². The third-order valence-electron chi connectivity index (χ3n) is 5.67. The van der Waals surface area contributed by atoms with E-state index in [0.29, 0.717) is 17.7 Å². The molecule has 5 nitrogen and oxygen atoms in total. The van der Waals surface area contributed by atoms with Gasteiger partial charge < -0.3 is 19.5 Å². The van der Waals surface area contributed by atoms with E-state index in [2.05, 4.69) is 22.3 Å². The van der Waals surface area contributed by atoms with Crippen LogP contribution in [0, 0.1) is 5.92 Å². The molecule has 156 valence electrons. The summed E-state index contributed by atoms with van der Waals surface area (Å²) in [6, 6.07) is 4.74. The van der Waals surface area contributed by atoms with Crippen LogP contribution in [0.3, 0.4) is 0 Å². The van der Waals surface area contributed by atoms with Crippen molar-refractivity contribution in [2.75, 3.05) is 47.5 Å². The minimum atomic E-state index is 0. The molecule has 1 aliphatic heterocycles. The highest BCUT2D eigenvalue weighted by atomic mass is 35.5. The topological polar surface area (TPSA) is 43.0 Å². The number of nitrogens with one attached hydrogen (secondary N) is 1. The number of nitrogens with zero attached hydrogens (tertiary/aromatic N) is 1. The molecule has 0 radical (unpaired) electrons. The maximum Gasteiger partial charge on any atom is 0.203 e. The number of hydrogen-bond donors (Lipinski definition) is 1. The molecular formula is C20H34Cl2N2O3. The van der Waals surface area contributed by atoms with Crippen molar-refractivity contribution in [2.45, 2.75) is 38.1 Å². The second kappa shape index (κ2) is 11.8. The number of piperazine rings is 1. The van der Waals surface area contributed by atoms with Crippen LogP contribution in [0.5, 0.6) is 17.2 Å². The Bertz CT molecular complexity index is 519. The summed E-state index contributed by atoms with van der Waals surface area (Å²) in [5, 5.41) is 3.48. The Labute approximate surface area is 175 Å². The van der Waals surface area contributed by atoms with Crippen LogP contribution in [-0.4, -0.2) is 52.4 Å². The van der Waals surface area contributed by atoms with Gasteiger partial charge in [-0.15, -0.1) is 24.8 Å². The minimum absolute atomic E-state index is 0. The van der Waals surface area contributed by atoms with Crippen LogP contribution in [0.1, 0.15) is 43.7 Å². The lowest BCUT2D eigenvalue weighted by Gasteiger charge is -2.41. The maximum absolute atomic E-state index is 5.61. The van der Waals surface area contributed by atoms with Crippen LogP contribution in [-0.2, 0) is 0 Å². The number of methoxy groups -OCH3 is 3. The van der Waals surface area contributed by atoms with Gasteiger partial charge in [0, 0.05) is 32.2 Å². The molecule has 1 aliphatic carbocycles.